The lowest BCUT2D eigenvalue weighted by Crippen LogP contribution is -2.24. The summed E-state index contributed by atoms with van der Waals surface area (Å²) < 4.78 is 5.71. The highest BCUT2D eigenvalue weighted by atomic mass is 16.5. The Balaban J connectivity index is 1.69. The van der Waals surface area contributed by atoms with E-state index in [9.17, 15) is 0 Å². The molecule has 0 unspecified atom stereocenters. The maximum Gasteiger partial charge on any atom is 0.121 e. The first-order valence-corrected chi connectivity index (χ1v) is 7.58. The molecule has 0 atom stereocenters. The van der Waals surface area contributed by atoms with Crippen molar-refractivity contribution in [3.05, 3.63) is 54.6 Å². The molecule has 0 aliphatic heterocycles. The number of ether oxygens (including phenoxy) is 1. The number of anilines is 2. The monoisotopic (exact) mass is 284 g/mol. The van der Waals surface area contributed by atoms with Crippen molar-refractivity contribution >= 4 is 11.4 Å². The molecule has 2 aromatic carbocycles. The molecule has 112 valence electrons. The Hall–Kier alpha value is -2.16. The maximum absolute atomic E-state index is 5.72. The zero-order chi connectivity index (χ0) is 14.9. The van der Waals surface area contributed by atoms with E-state index in [1.54, 1.807) is 0 Å². The van der Waals surface area contributed by atoms with Gasteiger partial charge in [0, 0.05) is 30.5 Å². The molecular weight excluding hydrogens is 260 g/mol. The van der Waals surface area contributed by atoms with E-state index in [0.717, 1.165) is 44.0 Å². The summed E-state index contributed by atoms with van der Waals surface area (Å²) in [6.45, 7) is 5.01. The fourth-order valence-electron chi connectivity index (χ4n) is 2.31. The quantitative estimate of drug-likeness (QED) is 0.589. The predicted molar refractivity (Wildman–Crippen MR) is 89.9 cm³/mol. The van der Waals surface area contributed by atoms with Gasteiger partial charge in [0.25, 0.3) is 0 Å². The molecule has 0 saturated heterocycles. The minimum Gasteiger partial charge on any atom is -0.494 e. The third-order valence-corrected chi connectivity index (χ3v) is 3.45. The van der Waals surface area contributed by atoms with Crippen LogP contribution in [0.2, 0.25) is 0 Å². The van der Waals surface area contributed by atoms with Crippen LogP contribution in [0.1, 0.15) is 19.8 Å². The van der Waals surface area contributed by atoms with Crippen LogP contribution in [0.25, 0.3) is 0 Å². The molecule has 0 heterocycles. The van der Waals surface area contributed by atoms with Crippen molar-refractivity contribution in [2.75, 3.05) is 30.3 Å². The highest BCUT2D eigenvalue weighted by Crippen LogP contribution is 2.16. The minimum absolute atomic E-state index is 0.732. The van der Waals surface area contributed by atoms with Gasteiger partial charge < -0.3 is 15.4 Å². The summed E-state index contributed by atoms with van der Waals surface area (Å²) in [7, 11) is 0. The molecule has 0 amide bonds. The van der Waals surface area contributed by atoms with Gasteiger partial charge in [-0.15, -0.1) is 0 Å². The van der Waals surface area contributed by atoms with Crippen molar-refractivity contribution < 1.29 is 4.74 Å². The molecule has 0 spiro atoms. The Bertz CT molecular complexity index is 528. The average Bonchev–Trinajstić information content (AvgIpc) is 2.52. The molecule has 0 bridgehead atoms. The molecule has 21 heavy (non-hydrogen) atoms. The van der Waals surface area contributed by atoms with Gasteiger partial charge in [0.15, 0.2) is 0 Å². The largest absolute Gasteiger partial charge is 0.494 e. The first-order valence-electron chi connectivity index (χ1n) is 7.58. The van der Waals surface area contributed by atoms with E-state index < -0.39 is 0 Å². The van der Waals surface area contributed by atoms with Gasteiger partial charge in [-0.2, -0.15) is 0 Å². The van der Waals surface area contributed by atoms with Gasteiger partial charge in [-0.3, -0.25) is 0 Å². The van der Waals surface area contributed by atoms with Crippen molar-refractivity contribution in [3.8, 4) is 5.75 Å². The van der Waals surface area contributed by atoms with Crippen LogP contribution in [0.4, 0.5) is 11.4 Å². The van der Waals surface area contributed by atoms with E-state index in [4.69, 9.17) is 10.5 Å². The zero-order valence-electron chi connectivity index (χ0n) is 12.7. The Labute approximate surface area is 127 Å². The lowest BCUT2D eigenvalue weighted by Gasteiger charge is -2.23. The van der Waals surface area contributed by atoms with Crippen molar-refractivity contribution in [2.24, 2.45) is 0 Å². The molecular formula is C18H24N2O. The standard InChI is InChI=1S/C18H24N2O/c1-2-20(17-10-4-3-5-11-17)13-6-7-14-21-18-12-8-9-16(19)15-18/h3-5,8-12,15H,2,6-7,13-14,19H2,1H3. The van der Waals surface area contributed by atoms with Crippen LogP contribution >= 0.6 is 0 Å². The molecule has 3 nitrogen and oxygen atoms in total. The molecule has 0 aromatic heterocycles. The Morgan fingerprint density at radius 1 is 1.00 bits per heavy atom. The van der Waals surface area contributed by atoms with Crippen LogP contribution in [0.15, 0.2) is 54.6 Å². The van der Waals surface area contributed by atoms with Crippen molar-refractivity contribution in [2.45, 2.75) is 19.8 Å². The number of rotatable bonds is 8. The van der Waals surface area contributed by atoms with Crippen LogP contribution < -0.4 is 15.4 Å². The second kappa shape index (κ2) is 8.20. The Morgan fingerprint density at radius 2 is 1.81 bits per heavy atom. The van der Waals surface area contributed by atoms with Gasteiger partial charge in [0.1, 0.15) is 5.75 Å². The van der Waals surface area contributed by atoms with Crippen molar-refractivity contribution in [1.29, 1.82) is 0 Å². The first kappa shape index (κ1) is 15.2. The zero-order valence-corrected chi connectivity index (χ0v) is 12.7. The lowest BCUT2D eigenvalue weighted by atomic mass is 10.2. The fraction of sp³-hybridized carbons (Fsp3) is 0.333. The Kier molecular flexibility index (Phi) is 5.95. The van der Waals surface area contributed by atoms with Gasteiger partial charge in [0.2, 0.25) is 0 Å². The van der Waals surface area contributed by atoms with Gasteiger partial charge in [-0.05, 0) is 44.0 Å². The molecule has 2 aromatic rings. The number of nitrogens with two attached hydrogens (primary N) is 1. The average molecular weight is 284 g/mol. The molecule has 0 saturated carbocycles. The van der Waals surface area contributed by atoms with E-state index >= 15 is 0 Å². The highest BCUT2D eigenvalue weighted by molar-refractivity contribution is 5.45. The van der Waals surface area contributed by atoms with Gasteiger partial charge in [-0.1, -0.05) is 24.3 Å². The number of hydrogen-bond acceptors (Lipinski definition) is 3. The van der Waals surface area contributed by atoms with E-state index in [0.29, 0.717) is 0 Å². The number of nitrogen functional groups attached to an aromatic ring is 1. The topological polar surface area (TPSA) is 38.5 Å². The van der Waals surface area contributed by atoms with Crippen molar-refractivity contribution in [1.82, 2.24) is 0 Å². The minimum atomic E-state index is 0.732. The number of unbranched alkanes of at least 4 members (excludes halogenated alkanes) is 1. The van der Waals surface area contributed by atoms with Crippen LogP contribution in [-0.2, 0) is 0 Å². The van der Waals surface area contributed by atoms with E-state index in [2.05, 4.69) is 42.2 Å². The van der Waals surface area contributed by atoms with Crippen LogP contribution in [0, 0.1) is 0 Å². The summed E-state index contributed by atoms with van der Waals surface area (Å²) in [5.41, 5.74) is 7.76. The molecule has 0 aliphatic rings. The van der Waals surface area contributed by atoms with Gasteiger partial charge >= 0.3 is 0 Å². The smallest absolute Gasteiger partial charge is 0.121 e. The first-order chi connectivity index (χ1) is 10.3. The fourth-order valence-corrected chi connectivity index (χ4v) is 2.31. The van der Waals surface area contributed by atoms with E-state index in [-0.39, 0.29) is 0 Å². The second-order valence-electron chi connectivity index (χ2n) is 5.04. The molecule has 0 fully saturated rings. The lowest BCUT2D eigenvalue weighted by molar-refractivity contribution is 0.307. The van der Waals surface area contributed by atoms with Crippen LogP contribution in [-0.4, -0.2) is 19.7 Å². The summed E-state index contributed by atoms with van der Waals surface area (Å²) in [5, 5.41) is 0. The van der Waals surface area contributed by atoms with Gasteiger partial charge in [-0.25, -0.2) is 0 Å². The van der Waals surface area contributed by atoms with Crippen LogP contribution in [0.5, 0.6) is 5.75 Å². The number of para-hydroxylation sites is 1. The molecule has 3 heteroatoms. The predicted octanol–water partition coefficient (Wildman–Crippen LogP) is 3.95. The summed E-state index contributed by atoms with van der Waals surface area (Å²) >= 11 is 0. The molecule has 0 radical (unpaired) electrons. The van der Waals surface area contributed by atoms with E-state index in [1.165, 1.54) is 5.69 Å². The summed E-state index contributed by atoms with van der Waals surface area (Å²) in [6, 6.07) is 18.1. The van der Waals surface area contributed by atoms with E-state index in [1.807, 2.05) is 24.3 Å². The molecule has 0 aliphatic carbocycles. The Morgan fingerprint density at radius 3 is 2.52 bits per heavy atom. The third kappa shape index (κ3) is 5.03. The third-order valence-electron chi connectivity index (χ3n) is 3.45. The van der Waals surface area contributed by atoms with Crippen molar-refractivity contribution in [3.63, 3.8) is 0 Å². The van der Waals surface area contributed by atoms with Crippen LogP contribution in [0.3, 0.4) is 0 Å². The summed E-state index contributed by atoms with van der Waals surface area (Å²) in [5.74, 6) is 0.852. The number of benzene rings is 2. The second-order valence-corrected chi connectivity index (χ2v) is 5.04. The summed E-state index contributed by atoms with van der Waals surface area (Å²) in [4.78, 5) is 2.39. The maximum atomic E-state index is 5.72. The number of nitrogens with zero attached hydrogens (tertiary/aromatic N) is 1. The number of hydrogen-bond donors (Lipinski definition) is 1. The molecule has 2 N–H and O–H groups in total. The SMILES string of the molecule is CCN(CCCCOc1cccc(N)c1)c1ccccc1. The normalized spacial score (nSPS) is 10.3. The highest BCUT2D eigenvalue weighted by Gasteiger charge is 2.03. The summed E-state index contributed by atoms with van der Waals surface area (Å²) in [6.07, 6.45) is 2.16. The van der Waals surface area contributed by atoms with Gasteiger partial charge in [0.05, 0.1) is 6.61 Å². The molecule has 2 rings (SSSR count).